The van der Waals surface area contributed by atoms with Crippen molar-refractivity contribution >= 4 is 5.91 Å². The maximum Gasteiger partial charge on any atom is 0.234 e. The number of hydrogen-bond donors (Lipinski definition) is 2. The van der Waals surface area contributed by atoms with E-state index >= 15 is 0 Å². The average Bonchev–Trinajstić information content (AvgIpc) is 2.27. The topological polar surface area (TPSA) is 41.1 Å². The fourth-order valence-electron chi connectivity index (χ4n) is 2.40. The summed E-state index contributed by atoms with van der Waals surface area (Å²) in [5.74, 6) is 0.158. The van der Waals surface area contributed by atoms with E-state index in [9.17, 15) is 4.79 Å². The molecular formula is C9H16N2O. The molecule has 1 aliphatic carbocycles. The Morgan fingerprint density at radius 3 is 3.25 bits per heavy atom. The third-order valence-corrected chi connectivity index (χ3v) is 3.23. The number of carbonyl (C=O) groups excluding carboxylic acids is 1. The lowest BCUT2D eigenvalue weighted by molar-refractivity contribution is -0.120. The zero-order valence-corrected chi connectivity index (χ0v) is 7.52. The van der Waals surface area contributed by atoms with E-state index in [-0.39, 0.29) is 5.91 Å². The molecule has 1 heterocycles. The van der Waals surface area contributed by atoms with Crippen LogP contribution in [0.3, 0.4) is 0 Å². The molecule has 0 aromatic rings. The highest BCUT2D eigenvalue weighted by atomic mass is 16.2. The van der Waals surface area contributed by atoms with Crippen LogP contribution in [0.2, 0.25) is 0 Å². The van der Waals surface area contributed by atoms with Gasteiger partial charge in [0.2, 0.25) is 5.91 Å². The number of fused-ring (bicyclic) bond motifs is 1. The second-order valence-electron chi connectivity index (χ2n) is 4.27. The molecule has 0 aromatic carbocycles. The maximum atomic E-state index is 11.2. The Hall–Kier alpha value is -0.570. The highest BCUT2D eigenvalue weighted by Crippen LogP contribution is 2.37. The predicted octanol–water partition coefficient (Wildman–Crippen LogP) is 0.265. The Kier molecular flexibility index (Phi) is 1.83. The van der Waals surface area contributed by atoms with Gasteiger partial charge in [0.1, 0.15) is 0 Å². The standard InChI is InChI=1S/C9H16N2O/c1-9-4-2-3-7(9)11-8(12)5-10-6-9/h7,10H,2-6H2,1H3,(H,11,12)/t7-,9+/m1/s1. The van der Waals surface area contributed by atoms with Crippen LogP contribution in [0.15, 0.2) is 0 Å². The summed E-state index contributed by atoms with van der Waals surface area (Å²) in [7, 11) is 0. The van der Waals surface area contributed by atoms with Crippen LogP contribution in [0.5, 0.6) is 0 Å². The van der Waals surface area contributed by atoms with Gasteiger partial charge >= 0.3 is 0 Å². The molecule has 3 heteroatoms. The quantitative estimate of drug-likeness (QED) is 0.545. The fourth-order valence-corrected chi connectivity index (χ4v) is 2.40. The van der Waals surface area contributed by atoms with Gasteiger partial charge in [-0.05, 0) is 12.8 Å². The minimum absolute atomic E-state index is 0.158. The normalized spacial score (nSPS) is 41.8. The molecule has 0 radical (unpaired) electrons. The zero-order valence-electron chi connectivity index (χ0n) is 7.52. The van der Waals surface area contributed by atoms with Gasteiger partial charge in [0.15, 0.2) is 0 Å². The molecule has 2 fully saturated rings. The van der Waals surface area contributed by atoms with Gasteiger partial charge in [-0.2, -0.15) is 0 Å². The van der Waals surface area contributed by atoms with Crippen molar-refractivity contribution in [3.63, 3.8) is 0 Å². The van der Waals surface area contributed by atoms with Gasteiger partial charge in [-0.3, -0.25) is 4.79 Å². The molecule has 12 heavy (non-hydrogen) atoms. The van der Waals surface area contributed by atoms with Crippen molar-refractivity contribution in [2.75, 3.05) is 13.1 Å². The average molecular weight is 168 g/mol. The first-order chi connectivity index (χ1) is 5.71. The molecule has 0 aromatic heterocycles. The van der Waals surface area contributed by atoms with Gasteiger partial charge in [-0.1, -0.05) is 13.3 Å². The van der Waals surface area contributed by atoms with Crippen molar-refractivity contribution in [1.82, 2.24) is 10.6 Å². The first kappa shape index (κ1) is 8.05. The second kappa shape index (κ2) is 2.73. The van der Waals surface area contributed by atoms with E-state index in [1.807, 2.05) is 0 Å². The molecule has 1 aliphatic heterocycles. The van der Waals surface area contributed by atoms with Crippen LogP contribution in [0.25, 0.3) is 0 Å². The van der Waals surface area contributed by atoms with Crippen LogP contribution in [-0.4, -0.2) is 25.0 Å². The van der Waals surface area contributed by atoms with E-state index in [4.69, 9.17) is 0 Å². The summed E-state index contributed by atoms with van der Waals surface area (Å²) in [5, 5.41) is 6.28. The molecule has 0 bridgehead atoms. The molecule has 1 saturated carbocycles. The van der Waals surface area contributed by atoms with Crippen molar-refractivity contribution in [2.45, 2.75) is 32.2 Å². The van der Waals surface area contributed by atoms with Crippen molar-refractivity contribution in [3.8, 4) is 0 Å². The molecule has 68 valence electrons. The Labute approximate surface area is 72.9 Å². The number of rotatable bonds is 0. The Morgan fingerprint density at radius 1 is 1.58 bits per heavy atom. The van der Waals surface area contributed by atoms with E-state index < -0.39 is 0 Å². The minimum atomic E-state index is 0.158. The van der Waals surface area contributed by atoms with E-state index in [0.717, 1.165) is 13.0 Å². The first-order valence-corrected chi connectivity index (χ1v) is 4.71. The lowest BCUT2D eigenvalue weighted by Gasteiger charge is -2.29. The van der Waals surface area contributed by atoms with E-state index in [1.54, 1.807) is 0 Å². The van der Waals surface area contributed by atoms with Crippen molar-refractivity contribution < 1.29 is 4.79 Å². The molecule has 2 N–H and O–H groups in total. The molecule has 2 aliphatic rings. The second-order valence-corrected chi connectivity index (χ2v) is 4.27. The van der Waals surface area contributed by atoms with Crippen LogP contribution in [0.1, 0.15) is 26.2 Å². The lowest BCUT2D eigenvalue weighted by Crippen LogP contribution is -2.42. The molecule has 1 saturated heterocycles. The van der Waals surface area contributed by atoms with Crippen LogP contribution in [0, 0.1) is 5.41 Å². The van der Waals surface area contributed by atoms with Crippen molar-refractivity contribution in [3.05, 3.63) is 0 Å². The molecule has 2 rings (SSSR count). The number of amides is 1. The first-order valence-electron chi connectivity index (χ1n) is 4.71. The summed E-state index contributed by atoms with van der Waals surface area (Å²) in [5.41, 5.74) is 0.312. The van der Waals surface area contributed by atoms with Crippen LogP contribution in [-0.2, 0) is 4.79 Å². The maximum absolute atomic E-state index is 11.2. The van der Waals surface area contributed by atoms with E-state index in [2.05, 4.69) is 17.6 Å². The third kappa shape index (κ3) is 1.22. The van der Waals surface area contributed by atoms with E-state index in [0.29, 0.717) is 18.0 Å². The van der Waals surface area contributed by atoms with Gasteiger partial charge in [-0.25, -0.2) is 0 Å². The summed E-state index contributed by atoms with van der Waals surface area (Å²) in [4.78, 5) is 11.2. The highest BCUT2D eigenvalue weighted by molar-refractivity contribution is 5.78. The van der Waals surface area contributed by atoms with Gasteiger partial charge in [-0.15, -0.1) is 0 Å². The summed E-state index contributed by atoms with van der Waals surface area (Å²) in [6.07, 6.45) is 3.65. The molecule has 0 spiro atoms. The van der Waals surface area contributed by atoms with Crippen molar-refractivity contribution in [1.29, 1.82) is 0 Å². The molecule has 0 unspecified atom stereocenters. The van der Waals surface area contributed by atoms with Crippen LogP contribution >= 0.6 is 0 Å². The SMILES string of the molecule is C[C@@]12CCC[C@H]1NC(=O)CNC2. The lowest BCUT2D eigenvalue weighted by atomic mass is 9.85. The van der Waals surface area contributed by atoms with Crippen molar-refractivity contribution in [2.24, 2.45) is 5.41 Å². The Morgan fingerprint density at radius 2 is 2.42 bits per heavy atom. The van der Waals surface area contributed by atoms with Gasteiger partial charge in [0.05, 0.1) is 6.54 Å². The van der Waals surface area contributed by atoms with Crippen LogP contribution < -0.4 is 10.6 Å². The molecule has 3 nitrogen and oxygen atoms in total. The molecule has 1 amide bonds. The zero-order chi connectivity index (χ0) is 8.60. The number of hydrogen-bond acceptors (Lipinski definition) is 2. The van der Waals surface area contributed by atoms with Crippen LogP contribution in [0.4, 0.5) is 0 Å². The van der Waals surface area contributed by atoms with Gasteiger partial charge in [0, 0.05) is 18.0 Å². The van der Waals surface area contributed by atoms with E-state index in [1.165, 1.54) is 12.8 Å². The van der Waals surface area contributed by atoms with Gasteiger partial charge < -0.3 is 10.6 Å². The monoisotopic (exact) mass is 168 g/mol. The van der Waals surface area contributed by atoms with Gasteiger partial charge in [0.25, 0.3) is 0 Å². The minimum Gasteiger partial charge on any atom is -0.352 e. The fraction of sp³-hybridized carbons (Fsp3) is 0.889. The molecular weight excluding hydrogens is 152 g/mol. The highest BCUT2D eigenvalue weighted by Gasteiger charge is 2.40. The predicted molar refractivity (Wildman–Crippen MR) is 46.8 cm³/mol. The smallest absolute Gasteiger partial charge is 0.234 e. The Bertz CT molecular complexity index is 205. The Balaban J connectivity index is 2.15. The summed E-state index contributed by atoms with van der Waals surface area (Å²) in [6, 6.07) is 0.417. The number of carbonyl (C=O) groups is 1. The number of nitrogens with one attached hydrogen (secondary N) is 2. The summed E-state index contributed by atoms with van der Waals surface area (Å²) < 4.78 is 0. The molecule has 2 atom stereocenters. The summed E-state index contributed by atoms with van der Waals surface area (Å²) >= 11 is 0. The third-order valence-electron chi connectivity index (χ3n) is 3.23. The summed E-state index contributed by atoms with van der Waals surface area (Å²) in [6.45, 7) is 3.74. The largest absolute Gasteiger partial charge is 0.352 e.